The summed E-state index contributed by atoms with van der Waals surface area (Å²) in [6.45, 7) is 2.52. The van der Waals surface area contributed by atoms with Crippen LogP contribution in [0.4, 0.5) is 5.69 Å². The SMILES string of the molecule is CCOc1ccc(N2C(=O)C(=Cc3ccc(Cl)cc3)N(C)C2=S)cc1. The van der Waals surface area contributed by atoms with Gasteiger partial charge in [0.15, 0.2) is 5.11 Å². The molecule has 0 N–H and O–H groups in total. The molecule has 25 heavy (non-hydrogen) atoms. The van der Waals surface area contributed by atoms with Crippen molar-refractivity contribution in [2.75, 3.05) is 18.6 Å². The van der Waals surface area contributed by atoms with Gasteiger partial charge in [-0.15, -0.1) is 0 Å². The van der Waals surface area contributed by atoms with Gasteiger partial charge in [0.1, 0.15) is 11.4 Å². The number of hydrogen-bond donors (Lipinski definition) is 0. The standard InChI is InChI=1S/C19H17ClN2O2S/c1-3-24-16-10-8-15(9-11-16)22-18(23)17(21(2)19(22)25)12-13-4-6-14(20)7-5-13/h4-12H,3H2,1-2H3. The van der Waals surface area contributed by atoms with Crippen molar-refractivity contribution in [1.82, 2.24) is 4.90 Å². The summed E-state index contributed by atoms with van der Waals surface area (Å²) in [5, 5.41) is 1.09. The lowest BCUT2D eigenvalue weighted by Crippen LogP contribution is -2.31. The molecule has 6 heteroatoms. The Hall–Kier alpha value is -2.37. The monoisotopic (exact) mass is 372 g/mol. The summed E-state index contributed by atoms with van der Waals surface area (Å²) in [6.07, 6.45) is 1.81. The van der Waals surface area contributed by atoms with E-state index in [1.807, 2.05) is 43.3 Å². The number of hydrogen-bond acceptors (Lipinski definition) is 3. The number of likely N-dealkylation sites (N-methyl/N-ethyl adjacent to an activating group) is 1. The van der Waals surface area contributed by atoms with Gasteiger partial charge in [0.2, 0.25) is 0 Å². The van der Waals surface area contributed by atoms with Crippen LogP contribution in [0.15, 0.2) is 54.2 Å². The Kier molecular flexibility index (Phi) is 5.06. The van der Waals surface area contributed by atoms with Gasteiger partial charge in [-0.05, 0) is 67.2 Å². The number of ether oxygens (including phenoxy) is 1. The van der Waals surface area contributed by atoms with E-state index in [-0.39, 0.29) is 5.91 Å². The molecule has 2 aromatic rings. The minimum Gasteiger partial charge on any atom is -0.494 e. The summed E-state index contributed by atoms with van der Waals surface area (Å²) in [4.78, 5) is 16.1. The van der Waals surface area contributed by atoms with Crippen LogP contribution in [0, 0.1) is 0 Å². The molecule has 1 aliphatic heterocycles. The van der Waals surface area contributed by atoms with Crippen LogP contribution in [0.1, 0.15) is 12.5 Å². The minimum atomic E-state index is -0.161. The highest BCUT2D eigenvalue weighted by Crippen LogP contribution is 2.29. The normalized spacial score (nSPS) is 16.0. The number of rotatable bonds is 4. The van der Waals surface area contributed by atoms with Crippen molar-refractivity contribution in [2.24, 2.45) is 0 Å². The number of benzene rings is 2. The van der Waals surface area contributed by atoms with Gasteiger partial charge in [-0.1, -0.05) is 23.7 Å². The number of thiocarbonyl (C=S) groups is 1. The third kappa shape index (κ3) is 3.52. The molecule has 0 unspecified atom stereocenters. The van der Waals surface area contributed by atoms with Gasteiger partial charge in [0.25, 0.3) is 5.91 Å². The smallest absolute Gasteiger partial charge is 0.281 e. The summed E-state index contributed by atoms with van der Waals surface area (Å²) < 4.78 is 5.44. The van der Waals surface area contributed by atoms with Gasteiger partial charge in [-0.3, -0.25) is 9.69 Å². The number of anilines is 1. The maximum absolute atomic E-state index is 12.9. The zero-order chi connectivity index (χ0) is 18.0. The highest BCUT2D eigenvalue weighted by atomic mass is 35.5. The molecule has 0 radical (unpaired) electrons. The van der Waals surface area contributed by atoms with Crippen molar-refractivity contribution in [1.29, 1.82) is 0 Å². The van der Waals surface area contributed by atoms with Crippen LogP contribution in [0.2, 0.25) is 5.02 Å². The lowest BCUT2D eigenvalue weighted by Gasteiger charge is -2.16. The van der Waals surface area contributed by atoms with Crippen LogP contribution in [0.5, 0.6) is 5.75 Å². The third-order valence-electron chi connectivity index (χ3n) is 3.84. The van der Waals surface area contributed by atoms with Crippen LogP contribution in [0.25, 0.3) is 6.08 Å². The molecule has 3 rings (SSSR count). The highest BCUT2D eigenvalue weighted by Gasteiger charge is 2.36. The van der Waals surface area contributed by atoms with E-state index in [4.69, 9.17) is 28.6 Å². The van der Waals surface area contributed by atoms with Crippen LogP contribution >= 0.6 is 23.8 Å². The number of amides is 1. The number of halogens is 1. The fraction of sp³-hybridized carbons (Fsp3) is 0.158. The Balaban J connectivity index is 1.91. The Bertz CT molecular complexity index is 832. The molecule has 0 atom stereocenters. The second kappa shape index (κ2) is 7.25. The summed E-state index contributed by atoms with van der Waals surface area (Å²) in [5.74, 6) is 0.598. The molecular weight excluding hydrogens is 356 g/mol. The van der Waals surface area contributed by atoms with Crippen molar-refractivity contribution < 1.29 is 9.53 Å². The average molecular weight is 373 g/mol. The topological polar surface area (TPSA) is 32.8 Å². The van der Waals surface area contributed by atoms with E-state index in [0.717, 1.165) is 11.3 Å². The van der Waals surface area contributed by atoms with Crippen LogP contribution < -0.4 is 9.64 Å². The second-order valence-corrected chi connectivity index (χ2v) is 6.29. The molecule has 0 bridgehead atoms. The fourth-order valence-electron chi connectivity index (χ4n) is 2.56. The summed E-state index contributed by atoms with van der Waals surface area (Å²) in [5.41, 5.74) is 2.11. The van der Waals surface area contributed by atoms with Crippen molar-refractivity contribution in [3.05, 3.63) is 64.8 Å². The molecule has 0 aliphatic carbocycles. The Morgan fingerprint density at radius 2 is 1.76 bits per heavy atom. The van der Waals surface area contributed by atoms with Crippen molar-refractivity contribution >= 4 is 46.6 Å². The zero-order valence-electron chi connectivity index (χ0n) is 13.9. The maximum Gasteiger partial charge on any atom is 0.281 e. The number of carbonyl (C=O) groups is 1. The lowest BCUT2D eigenvalue weighted by atomic mass is 10.2. The lowest BCUT2D eigenvalue weighted by molar-refractivity contribution is -0.114. The van der Waals surface area contributed by atoms with Crippen LogP contribution in [0.3, 0.4) is 0 Å². The quantitative estimate of drug-likeness (QED) is 0.590. The average Bonchev–Trinajstić information content (AvgIpc) is 2.82. The van der Waals surface area contributed by atoms with Gasteiger partial charge in [-0.25, -0.2) is 0 Å². The molecule has 1 fully saturated rings. The fourth-order valence-corrected chi connectivity index (χ4v) is 2.97. The van der Waals surface area contributed by atoms with E-state index in [2.05, 4.69) is 0 Å². The van der Waals surface area contributed by atoms with E-state index in [1.54, 1.807) is 30.2 Å². The first-order valence-corrected chi connectivity index (χ1v) is 8.62. The first kappa shape index (κ1) is 17.5. The highest BCUT2D eigenvalue weighted by molar-refractivity contribution is 7.80. The number of nitrogens with zero attached hydrogens (tertiary/aromatic N) is 2. The molecular formula is C19H17ClN2O2S. The largest absolute Gasteiger partial charge is 0.494 e. The van der Waals surface area contributed by atoms with E-state index >= 15 is 0 Å². The molecule has 1 saturated heterocycles. The van der Waals surface area contributed by atoms with Crippen molar-refractivity contribution in [2.45, 2.75) is 6.92 Å². The molecule has 128 valence electrons. The van der Waals surface area contributed by atoms with E-state index < -0.39 is 0 Å². The van der Waals surface area contributed by atoms with Gasteiger partial charge < -0.3 is 9.64 Å². The summed E-state index contributed by atoms with van der Waals surface area (Å²) >= 11 is 11.4. The van der Waals surface area contributed by atoms with Gasteiger partial charge in [0.05, 0.1) is 12.3 Å². The Morgan fingerprint density at radius 3 is 2.36 bits per heavy atom. The number of carbonyl (C=O) groups excluding carboxylic acids is 1. The minimum absolute atomic E-state index is 0.161. The second-order valence-electron chi connectivity index (χ2n) is 5.49. The molecule has 0 aromatic heterocycles. The van der Waals surface area contributed by atoms with E-state index in [0.29, 0.717) is 28.1 Å². The predicted octanol–water partition coefficient (Wildman–Crippen LogP) is 4.34. The molecule has 1 amide bonds. The molecule has 1 aliphatic rings. The summed E-state index contributed by atoms with van der Waals surface area (Å²) in [7, 11) is 1.79. The van der Waals surface area contributed by atoms with Crippen molar-refractivity contribution in [3.8, 4) is 5.75 Å². The molecule has 0 saturated carbocycles. The van der Waals surface area contributed by atoms with Gasteiger partial charge in [-0.2, -0.15) is 0 Å². The molecule has 4 nitrogen and oxygen atoms in total. The third-order valence-corrected chi connectivity index (χ3v) is 4.55. The Morgan fingerprint density at radius 1 is 1.12 bits per heavy atom. The van der Waals surface area contributed by atoms with Gasteiger partial charge in [0, 0.05) is 12.1 Å². The van der Waals surface area contributed by atoms with Crippen LogP contribution in [-0.2, 0) is 4.79 Å². The molecule has 1 heterocycles. The predicted molar refractivity (Wildman–Crippen MR) is 105 cm³/mol. The Labute approximate surface area is 157 Å². The van der Waals surface area contributed by atoms with E-state index in [9.17, 15) is 4.79 Å². The van der Waals surface area contributed by atoms with Crippen LogP contribution in [-0.4, -0.2) is 29.6 Å². The zero-order valence-corrected chi connectivity index (χ0v) is 15.5. The van der Waals surface area contributed by atoms with Crippen molar-refractivity contribution in [3.63, 3.8) is 0 Å². The molecule has 2 aromatic carbocycles. The summed E-state index contributed by atoms with van der Waals surface area (Å²) in [6, 6.07) is 14.6. The maximum atomic E-state index is 12.9. The first-order chi connectivity index (χ1) is 12.0. The molecule has 0 spiro atoms. The van der Waals surface area contributed by atoms with E-state index in [1.165, 1.54) is 4.90 Å². The first-order valence-electron chi connectivity index (χ1n) is 7.83. The van der Waals surface area contributed by atoms with Gasteiger partial charge >= 0.3 is 0 Å².